The highest BCUT2D eigenvalue weighted by molar-refractivity contribution is 5.75. The summed E-state index contributed by atoms with van der Waals surface area (Å²) in [4.78, 5) is 3.50. The smallest absolute Gasteiger partial charge is 0.370 e. The molecule has 0 saturated carbocycles. The van der Waals surface area contributed by atoms with Crippen molar-refractivity contribution in [3.05, 3.63) is 17.5 Å². The molecule has 1 aromatic heterocycles. The minimum absolute atomic E-state index is 0.0570. The fraction of sp³-hybridized carbons (Fsp3) is 0.429. The van der Waals surface area contributed by atoms with Gasteiger partial charge in [-0.05, 0) is 0 Å². The zero-order valence-electron chi connectivity index (χ0n) is 7.91. The Labute approximate surface area is 83.6 Å². The van der Waals surface area contributed by atoms with E-state index in [4.69, 9.17) is 11.5 Å². The highest BCUT2D eigenvalue weighted by Gasteiger charge is 2.36. The van der Waals surface area contributed by atoms with Crippen molar-refractivity contribution in [2.45, 2.75) is 12.7 Å². The summed E-state index contributed by atoms with van der Waals surface area (Å²) in [5.41, 5.74) is 9.03. The first-order chi connectivity index (χ1) is 6.80. The third-order valence-electron chi connectivity index (χ3n) is 1.61. The van der Waals surface area contributed by atoms with Crippen LogP contribution in [0.15, 0.2) is 11.2 Å². The molecule has 1 rings (SSSR count). The first-order valence-electron chi connectivity index (χ1n) is 3.96. The van der Waals surface area contributed by atoms with E-state index in [0.29, 0.717) is 0 Å². The van der Waals surface area contributed by atoms with Gasteiger partial charge in [-0.3, -0.25) is 4.68 Å². The van der Waals surface area contributed by atoms with E-state index in [1.165, 1.54) is 13.2 Å². The summed E-state index contributed by atoms with van der Waals surface area (Å²) in [6.07, 6.45) is -3.26. The van der Waals surface area contributed by atoms with E-state index in [9.17, 15) is 13.2 Å². The summed E-state index contributed by atoms with van der Waals surface area (Å²) in [5, 5.41) is 3.30. The lowest BCUT2D eigenvalue weighted by Gasteiger charge is -2.03. The molecule has 0 unspecified atom stereocenters. The van der Waals surface area contributed by atoms with Gasteiger partial charge in [-0.25, -0.2) is 4.99 Å². The molecule has 0 fully saturated rings. The Morgan fingerprint density at radius 2 is 2.13 bits per heavy atom. The van der Waals surface area contributed by atoms with Crippen molar-refractivity contribution in [3.8, 4) is 0 Å². The molecule has 0 atom stereocenters. The van der Waals surface area contributed by atoms with E-state index in [1.807, 2.05) is 0 Å². The Bertz CT molecular complexity index is 374. The highest BCUT2D eigenvalue weighted by Crippen LogP contribution is 2.30. The molecule has 0 radical (unpaired) electrons. The van der Waals surface area contributed by atoms with Gasteiger partial charge in [0, 0.05) is 18.8 Å². The van der Waals surface area contributed by atoms with E-state index < -0.39 is 11.9 Å². The number of aromatic nitrogens is 2. The summed E-state index contributed by atoms with van der Waals surface area (Å²) >= 11 is 0. The molecule has 0 aliphatic heterocycles. The second-order valence-corrected chi connectivity index (χ2v) is 2.92. The maximum Gasteiger partial charge on any atom is 0.435 e. The fourth-order valence-corrected chi connectivity index (χ4v) is 1.07. The third-order valence-corrected chi connectivity index (χ3v) is 1.61. The molecule has 0 aromatic carbocycles. The predicted octanol–water partition coefficient (Wildman–Crippen LogP) is 0.212. The van der Waals surface area contributed by atoms with Crippen molar-refractivity contribution < 1.29 is 13.2 Å². The van der Waals surface area contributed by atoms with Gasteiger partial charge in [0.25, 0.3) is 0 Å². The molecule has 0 aliphatic carbocycles. The number of nitrogens with zero attached hydrogens (tertiary/aromatic N) is 3. The predicted molar refractivity (Wildman–Crippen MR) is 47.7 cm³/mol. The molecular weight excluding hydrogens is 211 g/mol. The topological polar surface area (TPSA) is 82.2 Å². The summed E-state index contributed by atoms with van der Waals surface area (Å²) in [7, 11) is 1.40. The standard InChI is InChI=1S/C7H10F3N5/c1-15-3-4(2-13-6(11)12)5(14-15)7(8,9)10/h3H,2H2,1H3,(H4,11,12,13). The van der Waals surface area contributed by atoms with Gasteiger partial charge < -0.3 is 11.5 Å². The van der Waals surface area contributed by atoms with Gasteiger partial charge in [-0.1, -0.05) is 0 Å². The van der Waals surface area contributed by atoms with Crippen molar-refractivity contribution in [3.63, 3.8) is 0 Å². The lowest BCUT2D eigenvalue weighted by Crippen LogP contribution is -2.22. The van der Waals surface area contributed by atoms with Crippen molar-refractivity contribution in [2.75, 3.05) is 0 Å². The first-order valence-corrected chi connectivity index (χ1v) is 3.96. The molecule has 0 spiro atoms. The molecule has 0 aliphatic rings. The summed E-state index contributed by atoms with van der Waals surface area (Å²) < 4.78 is 38.3. The minimum Gasteiger partial charge on any atom is -0.370 e. The second-order valence-electron chi connectivity index (χ2n) is 2.92. The van der Waals surface area contributed by atoms with Crippen LogP contribution in [-0.2, 0) is 19.8 Å². The van der Waals surface area contributed by atoms with E-state index in [1.54, 1.807) is 0 Å². The Balaban J connectivity index is 3.02. The van der Waals surface area contributed by atoms with Gasteiger partial charge in [0.2, 0.25) is 0 Å². The van der Waals surface area contributed by atoms with Crippen LogP contribution in [-0.4, -0.2) is 15.7 Å². The summed E-state index contributed by atoms with van der Waals surface area (Å²) in [5.74, 6) is -0.257. The van der Waals surface area contributed by atoms with Gasteiger partial charge in [-0.2, -0.15) is 18.3 Å². The number of hydrogen-bond acceptors (Lipinski definition) is 2. The van der Waals surface area contributed by atoms with Crippen LogP contribution in [0.2, 0.25) is 0 Å². The van der Waals surface area contributed by atoms with Crippen LogP contribution in [0.4, 0.5) is 13.2 Å². The number of guanidine groups is 1. The molecule has 0 amide bonds. The average molecular weight is 221 g/mol. The quantitative estimate of drug-likeness (QED) is 0.553. The second kappa shape index (κ2) is 3.79. The van der Waals surface area contributed by atoms with Gasteiger partial charge in [-0.15, -0.1) is 0 Å². The number of halogens is 3. The Morgan fingerprint density at radius 3 is 2.60 bits per heavy atom. The van der Waals surface area contributed by atoms with Gasteiger partial charge in [0.1, 0.15) is 0 Å². The molecule has 8 heteroatoms. The van der Waals surface area contributed by atoms with Crippen LogP contribution in [0.5, 0.6) is 0 Å². The summed E-state index contributed by atoms with van der Waals surface area (Å²) in [6, 6.07) is 0. The Hall–Kier alpha value is -1.73. The van der Waals surface area contributed by atoms with Crippen molar-refractivity contribution in [1.29, 1.82) is 0 Å². The zero-order chi connectivity index (χ0) is 11.6. The first kappa shape index (κ1) is 11.3. The molecule has 5 nitrogen and oxygen atoms in total. The Kier molecular flexibility index (Phi) is 2.87. The van der Waals surface area contributed by atoms with Crippen LogP contribution in [0.3, 0.4) is 0 Å². The molecule has 1 aromatic rings. The molecule has 84 valence electrons. The van der Waals surface area contributed by atoms with Gasteiger partial charge in [0.05, 0.1) is 6.54 Å². The third kappa shape index (κ3) is 2.86. The number of rotatable bonds is 2. The molecule has 15 heavy (non-hydrogen) atoms. The maximum absolute atomic E-state index is 12.4. The van der Waals surface area contributed by atoms with Crippen LogP contribution < -0.4 is 11.5 Å². The number of aliphatic imine (C=N–C) groups is 1. The minimum atomic E-state index is -4.49. The number of hydrogen-bond donors (Lipinski definition) is 2. The van der Waals surface area contributed by atoms with E-state index >= 15 is 0 Å². The van der Waals surface area contributed by atoms with Crippen LogP contribution in [0.25, 0.3) is 0 Å². The number of nitrogens with two attached hydrogens (primary N) is 2. The highest BCUT2D eigenvalue weighted by atomic mass is 19.4. The van der Waals surface area contributed by atoms with Crippen LogP contribution in [0.1, 0.15) is 11.3 Å². The molecular formula is C7H10F3N5. The van der Waals surface area contributed by atoms with E-state index in [-0.39, 0.29) is 18.1 Å². The zero-order valence-corrected chi connectivity index (χ0v) is 7.91. The average Bonchev–Trinajstić information content (AvgIpc) is 2.42. The summed E-state index contributed by atoms with van der Waals surface area (Å²) in [6.45, 7) is -0.231. The number of aryl methyl sites for hydroxylation is 1. The van der Waals surface area contributed by atoms with E-state index in [0.717, 1.165) is 4.68 Å². The van der Waals surface area contributed by atoms with Gasteiger partial charge in [0.15, 0.2) is 11.7 Å². The number of alkyl halides is 3. The fourth-order valence-electron chi connectivity index (χ4n) is 1.07. The maximum atomic E-state index is 12.4. The van der Waals surface area contributed by atoms with Crippen molar-refractivity contribution in [1.82, 2.24) is 9.78 Å². The van der Waals surface area contributed by atoms with Crippen LogP contribution >= 0.6 is 0 Å². The van der Waals surface area contributed by atoms with Crippen molar-refractivity contribution in [2.24, 2.45) is 23.5 Å². The molecule has 4 N–H and O–H groups in total. The SMILES string of the molecule is Cn1cc(CN=C(N)N)c(C(F)(F)F)n1. The monoisotopic (exact) mass is 221 g/mol. The lowest BCUT2D eigenvalue weighted by atomic mass is 10.2. The normalized spacial score (nSPS) is 11.5. The van der Waals surface area contributed by atoms with Crippen molar-refractivity contribution >= 4 is 5.96 Å². The Morgan fingerprint density at radius 1 is 1.53 bits per heavy atom. The lowest BCUT2D eigenvalue weighted by molar-refractivity contribution is -0.142. The largest absolute Gasteiger partial charge is 0.435 e. The van der Waals surface area contributed by atoms with Gasteiger partial charge >= 0.3 is 6.18 Å². The molecule has 0 saturated heterocycles. The molecule has 1 heterocycles. The molecule has 0 bridgehead atoms. The van der Waals surface area contributed by atoms with E-state index in [2.05, 4.69) is 10.1 Å². The van der Waals surface area contributed by atoms with Crippen LogP contribution in [0, 0.1) is 0 Å².